The molecular weight excluding hydrogens is 472 g/mol. The van der Waals surface area contributed by atoms with Gasteiger partial charge in [0.15, 0.2) is 5.82 Å². The second-order valence-electron chi connectivity index (χ2n) is 8.81. The Labute approximate surface area is 206 Å². The van der Waals surface area contributed by atoms with Crippen LogP contribution in [0.2, 0.25) is 5.02 Å². The van der Waals surface area contributed by atoms with Gasteiger partial charge in [0.25, 0.3) is 0 Å². The standard InChI is InChI=1S/C26H22ClF2N5O/c1-13(18-7-15(10-30)5-6-20(18)28)33-24-19-8-16(9-21(29)23(19)34-14(2)22(24)27)17-11-31-25(32-12-17)26(3,4)35/h5-9,11-13,35H,1-4H3,(H,33,34). The third-order valence-electron chi connectivity index (χ3n) is 5.63. The first kappa shape index (κ1) is 24.5. The minimum atomic E-state index is -1.21. The lowest BCUT2D eigenvalue weighted by Crippen LogP contribution is -2.19. The number of halogens is 3. The van der Waals surface area contributed by atoms with E-state index in [1.54, 1.807) is 33.8 Å². The fourth-order valence-electron chi connectivity index (χ4n) is 3.76. The van der Waals surface area contributed by atoms with Crippen molar-refractivity contribution in [2.24, 2.45) is 0 Å². The largest absolute Gasteiger partial charge is 0.382 e. The number of benzene rings is 2. The van der Waals surface area contributed by atoms with Crippen molar-refractivity contribution in [3.63, 3.8) is 0 Å². The minimum Gasteiger partial charge on any atom is -0.382 e. The lowest BCUT2D eigenvalue weighted by molar-refractivity contribution is 0.0687. The predicted molar refractivity (Wildman–Crippen MR) is 131 cm³/mol. The number of pyridine rings is 1. The molecule has 0 aliphatic rings. The van der Waals surface area contributed by atoms with Crippen molar-refractivity contribution in [1.82, 2.24) is 15.0 Å². The van der Waals surface area contributed by atoms with E-state index in [1.807, 2.05) is 6.07 Å². The summed E-state index contributed by atoms with van der Waals surface area (Å²) in [7, 11) is 0. The Morgan fingerprint density at radius 3 is 2.40 bits per heavy atom. The number of nitrogens with one attached hydrogen (secondary N) is 1. The van der Waals surface area contributed by atoms with Crippen molar-refractivity contribution < 1.29 is 13.9 Å². The molecule has 0 saturated carbocycles. The predicted octanol–water partition coefficient (Wildman–Crippen LogP) is 6.20. The van der Waals surface area contributed by atoms with Crippen molar-refractivity contribution >= 4 is 28.2 Å². The Kier molecular flexibility index (Phi) is 6.41. The highest BCUT2D eigenvalue weighted by molar-refractivity contribution is 6.35. The van der Waals surface area contributed by atoms with Gasteiger partial charge in [-0.05, 0) is 63.6 Å². The summed E-state index contributed by atoms with van der Waals surface area (Å²) >= 11 is 6.58. The number of fused-ring (bicyclic) bond motifs is 1. The number of aromatic nitrogens is 3. The van der Waals surface area contributed by atoms with Crippen LogP contribution in [0.4, 0.5) is 14.5 Å². The first-order chi connectivity index (χ1) is 16.5. The van der Waals surface area contributed by atoms with E-state index in [4.69, 9.17) is 11.6 Å². The molecule has 2 aromatic carbocycles. The van der Waals surface area contributed by atoms with Gasteiger partial charge in [-0.25, -0.2) is 23.7 Å². The number of aryl methyl sites for hydroxylation is 1. The monoisotopic (exact) mass is 493 g/mol. The molecule has 1 atom stereocenters. The Morgan fingerprint density at radius 2 is 1.77 bits per heavy atom. The van der Waals surface area contributed by atoms with E-state index < -0.39 is 23.3 Å². The Balaban J connectivity index is 1.84. The molecule has 2 N–H and O–H groups in total. The van der Waals surface area contributed by atoms with E-state index in [0.29, 0.717) is 33.5 Å². The fourth-order valence-corrected chi connectivity index (χ4v) is 3.96. The third-order valence-corrected chi connectivity index (χ3v) is 6.10. The van der Waals surface area contributed by atoms with Crippen molar-refractivity contribution in [1.29, 1.82) is 5.26 Å². The highest BCUT2D eigenvalue weighted by atomic mass is 35.5. The van der Waals surface area contributed by atoms with Gasteiger partial charge < -0.3 is 10.4 Å². The van der Waals surface area contributed by atoms with Gasteiger partial charge in [-0.15, -0.1) is 0 Å². The van der Waals surface area contributed by atoms with E-state index in [0.717, 1.165) is 0 Å². The molecule has 6 nitrogen and oxygen atoms in total. The van der Waals surface area contributed by atoms with Gasteiger partial charge in [0.05, 0.1) is 34.1 Å². The van der Waals surface area contributed by atoms with Gasteiger partial charge >= 0.3 is 0 Å². The van der Waals surface area contributed by atoms with Gasteiger partial charge in [0.2, 0.25) is 0 Å². The number of nitriles is 1. The molecule has 0 amide bonds. The molecule has 0 aliphatic heterocycles. The van der Waals surface area contributed by atoms with Crippen LogP contribution in [-0.2, 0) is 5.60 Å². The minimum absolute atomic E-state index is 0.102. The van der Waals surface area contributed by atoms with E-state index in [1.165, 1.54) is 36.7 Å². The SMILES string of the molecule is Cc1nc2c(F)cc(-c3cnc(C(C)(C)O)nc3)cc2c(NC(C)c2cc(C#N)ccc2F)c1Cl. The van der Waals surface area contributed by atoms with Crippen molar-refractivity contribution in [2.45, 2.75) is 39.3 Å². The zero-order chi connectivity index (χ0) is 25.5. The molecule has 9 heteroatoms. The Morgan fingerprint density at radius 1 is 1.09 bits per heavy atom. The zero-order valence-electron chi connectivity index (χ0n) is 19.5. The summed E-state index contributed by atoms with van der Waals surface area (Å²) in [6, 6.07) is 8.54. The molecule has 0 saturated heterocycles. The summed E-state index contributed by atoms with van der Waals surface area (Å²) in [6.07, 6.45) is 3.01. The molecule has 0 radical (unpaired) electrons. The maximum Gasteiger partial charge on any atom is 0.159 e. The molecule has 2 heterocycles. The second-order valence-corrected chi connectivity index (χ2v) is 9.19. The van der Waals surface area contributed by atoms with Crippen LogP contribution in [0.15, 0.2) is 42.7 Å². The molecule has 4 aromatic rings. The van der Waals surface area contributed by atoms with Crippen LogP contribution in [0.1, 0.15) is 49.5 Å². The van der Waals surface area contributed by atoms with E-state index in [-0.39, 0.29) is 21.9 Å². The third kappa shape index (κ3) is 4.78. The molecule has 4 rings (SSSR count). The smallest absolute Gasteiger partial charge is 0.159 e. The fraction of sp³-hybridized carbons (Fsp3) is 0.231. The van der Waals surface area contributed by atoms with Crippen LogP contribution in [0.5, 0.6) is 0 Å². The first-order valence-electron chi connectivity index (χ1n) is 10.8. The van der Waals surface area contributed by atoms with Gasteiger partial charge in [0, 0.05) is 28.9 Å². The van der Waals surface area contributed by atoms with Crippen LogP contribution in [0.25, 0.3) is 22.0 Å². The average Bonchev–Trinajstić information content (AvgIpc) is 2.82. The van der Waals surface area contributed by atoms with Gasteiger partial charge in [0.1, 0.15) is 22.8 Å². The quantitative estimate of drug-likeness (QED) is 0.343. The summed E-state index contributed by atoms with van der Waals surface area (Å²) in [4.78, 5) is 12.7. The lowest BCUT2D eigenvalue weighted by atomic mass is 10.0. The number of nitrogens with zero attached hydrogens (tertiary/aromatic N) is 4. The molecule has 0 bridgehead atoms. The number of rotatable bonds is 5. The summed E-state index contributed by atoms with van der Waals surface area (Å²) < 4.78 is 29.7. The molecule has 0 aliphatic carbocycles. The maximum atomic E-state index is 15.2. The number of hydrogen-bond donors (Lipinski definition) is 2. The molecule has 35 heavy (non-hydrogen) atoms. The topological polar surface area (TPSA) is 94.7 Å². The maximum absolute atomic E-state index is 15.2. The van der Waals surface area contributed by atoms with Gasteiger partial charge in [-0.3, -0.25) is 0 Å². The summed E-state index contributed by atoms with van der Waals surface area (Å²) in [5.41, 5.74) is 1.28. The Hall–Kier alpha value is -3.67. The van der Waals surface area contributed by atoms with Crippen LogP contribution in [-0.4, -0.2) is 20.1 Å². The second kappa shape index (κ2) is 9.17. The molecule has 2 aromatic heterocycles. The molecule has 0 fully saturated rings. The molecular formula is C26H22ClF2N5O. The highest BCUT2D eigenvalue weighted by Crippen LogP contribution is 2.38. The normalized spacial score (nSPS) is 12.4. The van der Waals surface area contributed by atoms with Crippen LogP contribution in [0.3, 0.4) is 0 Å². The average molecular weight is 494 g/mol. The van der Waals surface area contributed by atoms with Gasteiger partial charge in [-0.2, -0.15) is 5.26 Å². The van der Waals surface area contributed by atoms with Crippen LogP contribution >= 0.6 is 11.6 Å². The summed E-state index contributed by atoms with van der Waals surface area (Å²) in [5, 5.41) is 23.1. The Bertz CT molecular complexity index is 1480. The summed E-state index contributed by atoms with van der Waals surface area (Å²) in [5.74, 6) is -0.816. The van der Waals surface area contributed by atoms with Crippen LogP contribution < -0.4 is 5.32 Å². The zero-order valence-corrected chi connectivity index (χ0v) is 20.2. The van der Waals surface area contributed by atoms with Gasteiger partial charge in [-0.1, -0.05) is 11.6 Å². The van der Waals surface area contributed by atoms with Crippen LogP contribution in [0, 0.1) is 29.9 Å². The number of anilines is 1. The lowest BCUT2D eigenvalue weighted by Gasteiger charge is -2.21. The highest BCUT2D eigenvalue weighted by Gasteiger charge is 2.21. The molecule has 1 unspecified atom stereocenters. The first-order valence-corrected chi connectivity index (χ1v) is 11.2. The summed E-state index contributed by atoms with van der Waals surface area (Å²) in [6.45, 7) is 6.52. The number of hydrogen-bond acceptors (Lipinski definition) is 6. The molecule has 0 spiro atoms. The van der Waals surface area contributed by atoms with Crippen molar-refractivity contribution in [3.05, 3.63) is 82.0 Å². The van der Waals surface area contributed by atoms with E-state index in [9.17, 15) is 14.8 Å². The number of aliphatic hydroxyl groups is 1. The molecule has 178 valence electrons. The van der Waals surface area contributed by atoms with E-state index in [2.05, 4.69) is 20.3 Å². The van der Waals surface area contributed by atoms with Crippen molar-refractivity contribution in [3.8, 4) is 17.2 Å². The van der Waals surface area contributed by atoms with E-state index >= 15 is 4.39 Å². The van der Waals surface area contributed by atoms with Crippen molar-refractivity contribution in [2.75, 3.05) is 5.32 Å².